The van der Waals surface area contributed by atoms with E-state index in [4.69, 9.17) is 11.6 Å². The predicted octanol–water partition coefficient (Wildman–Crippen LogP) is 5.16. The molecular weight excluding hydrogens is 437 g/mol. The van der Waals surface area contributed by atoms with Crippen LogP contribution in [0.5, 0.6) is 0 Å². The maximum atomic E-state index is 13.4. The van der Waals surface area contributed by atoms with Gasteiger partial charge >= 0.3 is 0 Å². The number of amides is 1. The number of carbonyl (C=O) groups excluding carboxylic acids is 1. The minimum absolute atomic E-state index is 0.0740. The molecule has 2 heterocycles. The Morgan fingerprint density at radius 1 is 1.13 bits per heavy atom. The molecule has 1 N–H and O–H groups in total. The minimum Gasteiger partial charge on any atom is -0.325 e. The number of rotatable bonds is 6. The van der Waals surface area contributed by atoms with Crippen molar-refractivity contribution in [2.75, 3.05) is 11.1 Å². The molecule has 4 rings (SSSR count). The molecule has 4 aromatic rings. The molecule has 0 fully saturated rings. The fourth-order valence-corrected chi connectivity index (χ4v) is 3.91. The maximum absolute atomic E-state index is 13.4. The van der Waals surface area contributed by atoms with Crippen LogP contribution in [-0.2, 0) is 4.79 Å². The quantitative estimate of drug-likeness (QED) is 0.408. The Morgan fingerprint density at radius 2 is 1.90 bits per heavy atom. The summed E-state index contributed by atoms with van der Waals surface area (Å²) < 4.78 is 15.2. The Hall–Kier alpha value is -3.23. The van der Waals surface area contributed by atoms with E-state index in [1.807, 2.05) is 41.8 Å². The zero-order valence-electron chi connectivity index (χ0n) is 16.4. The summed E-state index contributed by atoms with van der Waals surface area (Å²) in [5.41, 5.74) is 2.91. The van der Waals surface area contributed by atoms with Gasteiger partial charge < -0.3 is 5.32 Å². The van der Waals surface area contributed by atoms with Gasteiger partial charge in [0.05, 0.1) is 11.4 Å². The fraction of sp³-hybridized carbons (Fsp3) is 0.0909. The Kier molecular flexibility index (Phi) is 6.29. The zero-order chi connectivity index (χ0) is 21.8. The highest BCUT2D eigenvalue weighted by atomic mass is 35.5. The van der Waals surface area contributed by atoms with Crippen LogP contribution in [0, 0.1) is 12.7 Å². The van der Waals surface area contributed by atoms with Crippen molar-refractivity contribution in [3.63, 3.8) is 0 Å². The number of nitrogens with one attached hydrogen (secondary N) is 1. The van der Waals surface area contributed by atoms with E-state index < -0.39 is 5.82 Å². The molecule has 0 aliphatic carbocycles. The van der Waals surface area contributed by atoms with Crippen LogP contribution in [0.25, 0.3) is 17.1 Å². The van der Waals surface area contributed by atoms with Gasteiger partial charge in [-0.25, -0.2) is 4.39 Å². The van der Waals surface area contributed by atoms with Crippen LogP contribution in [-0.4, -0.2) is 31.4 Å². The lowest BCUT2D eigenvalue weighted by Crippen LogP contribution is -2.14. The average molecular weight is 454 g/mol. The molecular formula is C22H17ClFN5OS. The minimum atomic E-state index is -0.413. The second-order valence-electron chi connectivity index (χ2n) is 6.61. The normalized spacial score (nSPS) is 10.8. The summed E-state index contributed by atoms with van der Waals surface area (Å²) in [6.07, 6.45) is 3.36. The molecule has 0 saturated heterocycles. The van der Waals surface area contributed by atoms with Gasteiger partial charge in [-0.2, -0.15) is 0 Å². The van der Waals surface area contributed by atoms with Crippen molar-refractivity contribution in [1.82, 2.24) is 19.7 Å². The van der Waals surface area contributed by atoms with Crippen molar-refractivity contribution in [3.8, 4) is 17.1 Å². The van der Waals surface area contributed by atoms with Gasteiger partial charge in [0.1, 0.15) is 5.82 Å². The molecule has 1 amide bonds. The molecule has 156 valence electrons. The van der Waals surface area contributed by atoms with Crippen LogP contribution in [0.2, 0.25) is 5.02 Å². The number of benzene rings is 2. The summed E-state index contributed by atoms with van der Waals surface area (Å²) in [4.78, 5) is 16.5. The third kappa shape index (κ3) is 4.76. The fourth-order valence-electron chi connectivity index (χ4n) is 3.00. The first-order valence-corrected chi connectivity index (χ1v) is 10.7. The van der Waals surface area contributed by atoms with Crippen molar-refractivity contribution in [3.05, 3.63) is 83.4 Å². The lowest BCUT2D eigenvalue weighted by Gasteiger charge is -2.14. The van der Waals surface area contributed by atoms with Gasteiger partial charge in [-0.3, -0.25) is 14.3 Å². The number of halogens is 2. The molecule has 31 heavy (non-hydrogen) atoms. The Bertz CT molecular complexity index is 1230. The number of nitrogens with zero attached hydrogens (tertiary/aromatic N) is 4. The lowest BCUT2D eigenvalue weighted by molar-refractivity contribution is -0.113. The molecule has 0 unspecified atom stereocenters. The number of thioether (sulfide) groups is 1. The second kappa shape index (κ2) is 9.28. The zero-order valence-corrected chi connectivity index (χ0v) is 18.0. The van der Waals surface area contributed by atoms with E-state index in [1.54, 1.807) is 18.5 Å². The number of hydrogen-bond donors (Lipinski definition) is 1. The number of hydrogen-bond acceptors (Lipinski definition) is 5. The van der Waals surface area contributed by atoms with E-state index in [2.05, 4.69) is 20.5 Å². The Labute approximate surface area is 187 Å². The molecule has 2 aromatic heterocycles. The molecule has 9 heteroatoms. The summed E-state index contributed by atoms with van der Waals surface area (Å²) in [5.74, 6) is -0.00668. The maximum Gasteiger partial charge on any atom is 0.234 e. The largest absolute Gasteiger partial charge is 0.325 e. The van der Waals surface area contributed by atoms with Crippen molar-refractivity contribution in [2.24, 2.45) is 0 Å². The van der Waals surface area contributed by atoms with E-state index >= 15 is 0 Å². The first-order chi connectivity index (χ1) is 15.0. The molecule has 0 aliphatic rings. The summed E-state index contributed by atoms with van der Waals surface area (Å²) in [5, 5.41) is 12.5. The van der Waals surface area contributed by atoms with Crippen LogP contribution in [0.4, 0.5) is 10.1 Å². The first kappa shape index (κ1) is 21.0. The number of carbonyl (C=O) groups is 1. The van der Waals surface area contributed by atoms with Gasteiger partial charge in [0, 0.05) is 28.7 Å². The van der Waals surface area contributed by atoms with Gasteiger partial charge in [0.2, 0.25) is 5.91 Å². The van der Waals surface area contributed by atoms with Gasteiger partial charge in [0.15, 0.2) is 11.0 Å². The average Bonchev–Trinajstić information content (AvgIpc) is 3.18. The van der Waals surface area contributed by atoms with Crippen molar-refractivity contribution in [1.29, 1.82) is 0 Å². The van der Waals surface area contributed by atoms with Gasteiger partial charge in [0.25, 0.3) is 0 Å². The molecule has 0 spiro atoms. The topological polar surface area (TPSA) is 72.7 Å². The third-order valence-corrected chi connectivity index (χ3v) is 5.83. The van der Waals surface area contributed by atoms with E-state index in [9.17, 15) is 9.18 Å². The predicted molar refractivity (Wildman–Crippen MR) is 120 cm³/mol. The van der Waals surface area contributed by atoms with E-state index in [0.717, 1.165) is 16.8 Å². The number of pyridine rings is 1. The van der Waals surface area contributed by atoms with Gasteiger partial charge in [-0.1, -0.05) is 35.5 Å². The SMILES string of the molecule is Cc1c(Cl)cccc1-n1c(SCC(=O)Nc2cccc(F)c2)nnc1-c1ccncc1. The summed E-state index contributed by atoms with van der Waals surface area (Å²) in [7, 11) is 0. The number of aromatic nitrogens is 4. The van der Waals surface area contributed by atoms with Crippen molar-refractivity contribution >= 4 is 35.0 Å². The standard InChI is InChI=1S/C22H17ClFN5OS/c1-14-18(23)6-3-7-19(14)29-21(15-8-10-25-11-9-15)27-28-22(29)31-13-20(30)26-17-5-2-4-16(24)12-17/h2-12H,13H2,1H3,(H,26,30). The molecule has 0 bridgehead atoms. The lowest BCUT2D eigenvalue weighted by atomic mass is 10.2. The van der Waals surface area contributed by atoms with Crippen LogP contribution >= 0.6 is 23.4 Å². The van der Waals surface area contributed by atoms with Crippen LogP contribution in [0.3, 0.4) is 0 Å². The molecule has 6 nitrogen and oxygen atoms in total. The third-order valence-electron chi connectivity index (χ3n) is 4.49. The first-order valence-electron chi connectivity index (χ1n) is 9.32. The highest BCUT2D eigenvalue weighted by molar-refractivity contribution is 7.99. The Balaban J connectivity index is 1.64. The summed E-state index contributed by atoms with van der Waals surface area (Å²) >= 11 is 7.57. The summed E-state index contributed by atoms with van der Waals surface area (Å²) in [6, 6.07) is 15.0. The van der Waals surface area contributed by atoms with Gasteiger partial charge in [-0.15, -0.1) is 10.2 Å². The van der Waals surface area contributed by atoms with Crippen LogP contribution < -0.4 is 5.32 Å². The van der Waals surface area contributed by atoms with Crippen LogP contribution in [0.15, 0.2) is 72.1 Å². The van der Waals surface area contributed by atoms with E-state index in [-0.39, 0.29) is 11.7 Å². The van der Waals surface area contributed by atoms with Gasteiger partial charge in [-0.05, 0) is 55.0 Å². The second-order valence-corrected chi connectivity index (χ2v) is 7.96. The smallest absolute Gasteiger partial charge is 0.234 e. The highest BCUT2D eigenvalue weighted by Gasteiger charge is 2.19. The number of anilines is 1. The molecule has 0 aliphatic heterocycles. The molecule has 2 aromatic carbocycles. The molecule has 0 saturated carbocycles. The van der Waals surface area contributed by atoms with E-state index in [0.29, 0.717) is 21.7 Å². The Morgan fingerprint density at radius 3 is 2.68 bits per heavy atom. The molecule has 0 atom stereocenters. The highest BCUT2D eigenvalue weighted by Crippen LogP contribution is 2.31. The monoisotopic (exact) mass is 453 g/mol. The van der Waals surface area contributed by atoms with Crippen molar-refractivity contribution < 1.29 is 9.18 Å². The van der Waals surface area contributed by atoms with E-state index in [1.165, 1.54) is 30.0 Å². The molecule has 0 radical (unpaired) electrons. The summed E-state index contributed by atoms with van der Waals surface area (Å²) in [6.45, 7) is 1.92. The van der Waals surface area contributed by atoms with Crippen LogP contribution in [0.1, 0.15) is 5.56 Å². The van der Waals surface area contributed by atoms with Crippen molar-refractivity contribution in [2.45, 2.75) is 12.1 Å².